The fraction of sp³-hybridized carbons (Fsp3) is 0.462. The van der Waals surface area contributed by atoms with E-state index in [4.69, 9.17) is 0 Å². The fourth-order valence-corrected chi connectivity index (χ4v) is 1.52. The van der Waals surface area contributed by atoms with Gasteiger partial charge in [-0.2, -0.15) is 4.57 Å². The summed E-state index contributed by atoms with van der Waals surface area (Å²) in [6.07, 6.45) is 7.74. The molecule has 1 heterocycles. The second kappa shape index (κ2) is 5.58. The molecule has 76 valence electrons. The molecule has 0 aromatic carbocycles. The first-order valence-corrected chi connectivity index (χ1v) is 5.46. The summed E-state index contributed by atoms with van der Waals surface area (Å²) in [4.78, 5) is 0. The minimum atomic E-state index is 1.10. The summed E-state index contributed by atoms with van der Waals surface area (Å²) in [7, 11) is 0. The number of hydrogen-bond donors (Lipinski definition) is 0. The number of aryl methyl sites for hydroxylation is 2. The largest absolute Gasteiger partial charge is 0.204 e. The molecule has 1 nitrogen and oxygen atoms in total. The Morgan fingerprint density at radius 2 is 2.14 bits per heavy atom. The van der Waals surface area contributed by atoms with E-state index < -0.39 is 0 Å². The van der Waals surface area contributed by atoms with Crippen LogP contribution in [-0.4, -0.2) is 0 Å². The van der Waals surface area contributed by atoms with E-state index in [9.17, 15) is 0 Å². The van der Waals surface area contributed by atoms with E-state index in [2.05, 4.69) is 43.3 Å². The van der Waals surface area contributed by atoms with Crippen molar-refractivity contribution < 1.29 is 4.57 Å². The van der Waals surface area contributed by atoms with Gasteiger partial charge in [-0.3, -0.25) is 0 Å². The summed E-state index contributed by atoms with van der Waals surface area (Å²) in [5, 5.41) is 0. The molecule has 1 aromatic rings. The van der Waals surface area contributed by atoms with Crippen molar-refractivity contribution in [2.45, 2.75) is 39.7 Å². The first kappa shape index (κ1) is 11.0. The molecule has 0 saturated carbocycles. The van der Waals surface area contributed by atoms with Crippen molar-refractivity contribution in [2.75, 3.05) is 0 Å². The molecule has 0 unspecified atom stereocenters. The molecule has 0 N–H and O–H groups in total. The summed E-state index contributed by atoms with van der Waals surface area (Å²) in [5.74, 6) is 0. The molecule has 0 aliphatic rings. The Labute approximate surface area is 87.1 Å². The van der Waals surface area contributed by atoms with Gasteiger partial charge in [-0.1, -0.05) is 26.8 Å². The molecule has 0 amide bonds. The van der Waals surface area contributed by atoms with Gasteiger partial charge in [0.2, 0.25) is 5.69 Å². The molecule has 0 aliphatic heterocycles. The van der Waals surface area contributed by atoms with Crippen molar-refractivity contribution in [1.82, 2.24) is 0 Å². The molecule has 1 heteroatoms. The monoisotopic (exact) mass is 190 g/mol. The minimum Gasteiger partial charge on any atom is -0.199 e. The van der Waals surface area contributed by atoms with E-state index in [1.807, 2.05) is 6.08 Å². The number of unbranched alkanes of at least 4 members (excludes halogenated alkanes) is 1. The molecule has 0 atom stereocenters. The highest BCUT2D eigenvalue weighted by atomic mass is 14.9. The predicted octanol–water partition coefficient (Wildman–Crippen LogP) is 2.98. The molecule has 1 rings (SSSR count). The van der Waals surface area contributed by atoms with Crippen LogP contribution in [-0.2, 0) is 13.0 Å². The number of rotatable bonds is 5. The smallest absolute Gasteiger partial charge is 0.199 e. The highest BCUT2D eigenvalue weighted by Crippen LogP contribution is 2.01. The fourth-order valence-electron chi connectivity index (χ4n) is 1.52. The molecular weight excluding hydrogens is 170 g/mol. The van der Waals surface area contributed by atoms with Crippen LogP contribution in [0.2, 0.25) is 0 Å². The van der Waals surface area contributed by atoms with Crippen molar-refractivity contribution in [3.05, 3.63) is 36.2 Å². The van der Waals surface area contributed by atoms with Gasteiger partial charge in [0.1, 0.15) is 6.54 Å². The molecule has 1 aromatic heterocycles. The summed E-state index contributed by atoms with van der Waals surface area (Å²) < 4.78 is 2.30. The number of hydrogen-bond acceptors (Lipinski definition) is 0. The molecule has 0 aliphatic carbocycles. The zero-order valence-corrected chi connectivity index (χ0v) is 9.29. The Balaban J connectivity index is 2.90. The summed E-state index contributed by atoms with van der Waals surface area (Å²) >= 11 is 0. The highest BCUT2D eigenvalue weighted by Gasteiger charge is 2.07. The van der Waals surface area contributed by atoms with E-state index in [0.717, 1.165) is 13.0 Å². The third-order valence-corrected chi connectivity index (χ3v) is 2.49. The number of aromatic nitrogens is 1. The van der Waals surface area contributed by atoms with Gasteiger partial charge in [-0.05, 0) is 12.5 Å². The maximum absolute atomic E-state index is 3.83. The Morgan fingerprint density at radius 1 is 1.36 bits per heavy atom. The van der Waals surface area contributed by atoms with Gasteiger partial charge < -0.3 is 0 Å². The van der Waals surface area contributed by atoms with Crippen molar-refractivity contribution in [2.24, 2.45) is 0 Å². The molecule has 0 spiro atoms. The Bertz CT molecular complexity index is 302. The van der Waals surface area contributed by atoms with Crippen LogP contribution in [0.25, 0.3) is 6.08 Å². The van der Waals surface area contributed by atoms with E-state index >= 15 is 0 Å². The molecule has 14 heavy (non-hydrogen) atoms. The van der Waals surface area contributed by atoms with Crippen LogP contribution < -0.4 is 4.57 Å². The van der Waals surface area contributed by atoms with Gasteiger partial charge in [-0.25, -0.2) is 0 Å². The zero-order valence-electron chi connectivity index (χ0n) is 9.29. The van der Waals surface area contributed by atoms with Crippen LogP contribution in [0.5, 0.6) is 0 Å². The first-order chi connectivity index (χ1) is 6.81. The standard InChI is InChI=1S/C13H20N/c1-4-7-10-14-11-12(5-2)8-9-13(14)6-3/h6,8-9,11H,3-5,7,10H2,1-2H3/q+1. The summed E-state index contributed by atoms with van der Waals surface area (Å²) in [6, 6.07) is 4.33. The quantitative estimate of drug-likeness (QED) is 0.628. The van der Waals surface area contributed by atoms with Crippen LogP contribution in [0, 0.1) is 0 Å². The highest BCUT2D eigenvalue weighted by molar-refractivity contribution is 5.37. The van der Waals surface area contributed by atoms with Gasteiger partial charge in [0, 0.05) is 24.1 Å². The van der Waals surface area contributed by atoms with Gasteiger partial charge in [0.25, 0.3) is 0 Å². The van der Waals surface area contributed by atoms with Crippen molar-refractivity contribution in [1.29, 1.82) is 0 Å². The Kier molecular flexibility index (Phi) is 4.37. The van der Waals surface area contributed by atoms with Gasteiger partial charge >= 0.3 is 0 Å². The van der Waals surface area contributed by atoms with E-state index in [1.165, 1.54) is 24.1 Å². The topological polar surface area (TPSA) is 3.88 Å². The number of nitrogens with zero attached hydrogens (tertiary/aromatic N) is 1. The molecular formula is C13H20N+. The van der Waals surface area contributed by atoms with Crippen LogP contribution in [0.3, 0.4) is 0 Å². The Hall–Kier alpha value is -1.11. The Morgan fingerprint density at radius 3 is 2.71 bits per heavy atom. The van der Waals surface area contributed by atoms with Crippen LogP contribution >= 0.6 is 0 Å². The average molecular weight is 190 g/mol. The molecule has 0 bridgehead atoms. The maximum Gasteiger partial charge on any atom is 0.204 e. The van der Waals surface area contributed by atoms with Crippen molar-refractivity contribution in [3.63, 3.8) is 0 Å². The van der Waals surface area contributed by atoms with Gasteiger partial charge in [-0.15, -0.1) is 0 Å². The molecule has 0 saturated heterocycles. The van der Waals surface area contributed by atoms with Crippen molar-refractivity contribution >= 4 is 6.08 Å². The van der Waals surface area contributed by atoms with Gasteiger partial charge in [0.15, 0.2) is 6.20 Å². The van der Waals surface area contributed by atoms with E-state index in [0.29, 0.717) is 0 Å². The SMILES string of the molecule is C=Cc1ccc(CC)c[n+]1CCCC. The zero-order chi connectivity index (χ0) is 10.4. The third kappa shape index (κ3) is 2.69. The second-order valence-electron chi connectivity index (χ2n) is 3.57. The van der Waals surface area contributed by atoms with Crippen LogP contribution in [0.1, 0.15) is 37.9 Å². The van der Waals surface area contributed by atoms with Gasteiger partial charge in [0.05, 0.1) is 0 Å². The molecule has 0 fully saturated rings. The third-order valence-electron chi connectivity index (χ3n) is 2.49. The summed E-state index contributed by atoms with van der Waals surface area (Å²) in [6.45, 7) is 9.34. The number of pyridine rings is 1. The lowest BCUT2D eigenvalue weighted by Gasteiger charge is -2.01. The average Bonchev–Trinajstić information content (AvgIpc) is 2.25. The lowest BCUT2D eigenvalue weighted by atomic mass is 10.2. The lowest BCUT2D eigenvalue weighted by Crippen LogP contribution is -2.37. The normalized spacial score (nSPS) is 10.1. The summed E-state index contributed by atoms with van der Waals surface area (Å²) in [5.41, 5.74) is 2.61. The van der Waals surface area contributed by atoms with E-state index in [-0.39, 0.29) is 0 Å². The van der Waals surface area contributed by atoms with Crippen LogP contribution in [0.4, 0.5) is 0 Å². The predicted molar refractivity (Wildman–Crippen MR) is 61.0 cm³/mol. The maximum atomic E-state index is 3.83. The lowest BCUT2D eigenvalue weighted by molar-refractivity contribution is -0.699. The second-order valence-corrected chi connectivity index (χ2v) is 3.57. The molecule has 0 radical (unpaired) electrons. The first-order valence-electron chi connectivity index (χ1n) is 5.46. The van der Waals surface area contributed by atoms with Crippen LogP contribution in [0.15, 0.2) is 24.9 Å². The minimum absolute atomic E-state index is 1.10. The van der Waals surface area contributed by atoms with Crippen molar-refractivity contribution in [3.8, 4) is 0 Å². The van der Waals surface area contributed by atoms with E-state index in [1.54, 1.807) is 0 Å².